The van der Waals surface area contributed by atoms with E-state index in [1.807, 2.05) is 0 Å². The Hall–Kier alpha value is 3.47. The maximum absolute atomic E-state index is 0. The van der Waals surface area contributed by atoms with Crippen LogP contribution in [-0.4, -0.2) is 0 Å². The van der Waals surface area contributed by atoms with Gasteiger partial charge in [-0.15, -0.1) is 0 Å². The molecule has 0 spiro atoms. The molecule has 0 unspecified atom stereocenters. The third kappa shape index (κ3) is 56.5. The Morgan fingerprint density at radius 1 is 0.375 bits per heavy atom. The molecule has 0 aliphatic heterocycles. The normalized spacial score (nSPS) is 0. The van der Waals surface area contributed by atoms with E-state index in [1.54, 1.807) is 0 Å². The first-order chi connectivity index (χ1) is 0. The maximum Gasteiger partial charge on any atom is 3.00 e. The molecule has 8 heavy (non-hydrogen) atoms. The van der Waals surface area contributed by atoms with Gasteiger partial charge in [0.05, 0.1) is 0 Å². The van der Waals surface area contributed by atoms with E-state index < -0.39 is 0 Å². The molecule has 0 saturated heterocycles. The fraction of sp³-hybridized carbons (Fsp3) is 0. The molecular weight excluding hydrogens is 404 g/mol. The van der Waals surface area contributed by atoms with Crippen LogP contribution in [-0.2, 0) is 17.4 Å². The fourth-order valence-corrected chi connectivity index (χ4v) is 0. The first kappa shape index (κ1) is 105. The van der Waals surface area contributed by atoms with Crippen molar-refractivity contribution in [2.75, 3.05) is 0 Å². The van der Waals surface area contributed by atoms with Crippen LogP contribution in [0.15, 0.2) is 0 Å². The van der Waals surface area contributed by atoms with Crippen LogP contribution in [0, 0.1) is 35.6 Å². The van der Waals surface area contributed by atoms with Crippen molar-refractivity contribution in [2.45, 2.75) is 0 Å². The molecular formula is Cl6CrLa. The quantitative estimate of drug-likeness (QED) is 0.377. The molecule has 0 aromatic heterocycles. The van der Waals surface area contributed by atoms with E-state index in [-0.39, 0.29) is 127 Å². The van der Waals surface area contributed by atoms with E-state index in [1.165, 1.54) is 0 Å². The SMILES string of the molecule is [Cl-].[Cl-].[Cl-].[Cl-].[Cl-].[Cl-].[Cr+3].[La+3]. The van der Waals surface area contributed by atoms with Gasteiger partial charge in [-0.05, 0) is 0 Å². The Morgan fingerprint density at radius 2 is 0.375 bits per heavy atom. The predicted octanol–water partition coefficient (Wildman–Crippen LogP) is -18.0. The predicted molar refractivity (Wildman–Crippen MR) is 0 cm³/mol. The summed E-state index contributed by atoms with van der Waals surface area (Å²) in [5, 5.41) is 0. The molecule has 0 nitrogen and oxygen atoms in total. The number of hydrogen-bond acceptors (Lipinski definition) is 0. The van der Waals surface area contributed by atoms with Gasteiger partial charge in [0, 0.05) is 0 Å². The molecule has 0 N–H and O–H groups in total. The van der Waals surface area contributed by atoms with Crippen LogP contribution in [0.5, 0.6) is 0 Å². The van der Waals surface area contributed by atoms with Crippen molar-refractivity contribution in [1.82, 2.24) is 0 Å². The molecule has 8 heteroatoms. The summed E-state index contributed by atoms with van der Waals surface area (Å²) < 4.78 is 0. The van der Waals surface area contributed by atoms with Gasteiger partial charge in [0.15, 0.2) is 0 Å². The van der Waals surface area contributed by atoms with E-state index in [4.69, 9.17) is 0 Å². The van der Waals surface area contributed by atoms with Gasteiger partial charge in [0.25, 0.3) is 0 Å². The summed E-state index contributed by atoms with van der Waals surface area (Å²) in [5.41, 5.74) is 0. The number of rotatable bonds is 0. The van der Waals surface area contributed by atoms with E-state index >= 15 is 0 Å². The van der Waals surface area contributed by atoms with E-state index in [9.17, 15) is 0 Å². The minimum absolute atomic E-state index is 0. The summed E-state index contributed by atoms with van der Waals surface area (Å²) in [4.78, 5) is 0. The van der Waals surface area contributed by atoms with Crippen molar-refractivity contribution in [2.24, 2.45) is 0 Å². The van der Waals surface area contributed by atoms with Crippen LogP contribution in [0.3, 0.4) is 0 Å². The molecule has 0 fully saturated rings. The van der Waals surface area contributed by atoms with E-state index in [0.717, 1.165) is 0 Å². The second-order valence-corrected chi connectivity index (χ2v) is 0. The first-order valence-electron chi connectivity index (χ1n) is 0. The second kappa shape index (κ2) is 78.0. The summed E-state index contributed by atoms with van der Waals surface area (Å²) in [6, 6.07) is 0. The Morgan fingerprint density at radius 3 is 0.375 bits per heavy atom. The van der Waals surface area contributed by atoms with Crippen LogP contribution >= 0.6 is 0 Å². The van der Waals surface area contributed by atoms with Gasteiger partial charge in [-0.25, -0.2) is 0 Å². The maximum atomic E-state index is 0. The third-order valence-electron chi connectivity index (χ3n) is 0. The minimum atomic E-state index is 0. The molecule has 0 saturated carbocycles. The van der Waals surface area contributed by atoms with E-state index in [0.29, 0.717) is 0 Å². The van der Waals surface area contributed by atoms with Crippen molar-refractivity contribution in [3.63, 3.8) is 0 Å². The molecule has 0 aromatic rings. The monoisotopic (exact) mass is 401 g/mol. The van der Waals surface area contributed by atoms with E-state index in [2.05, 4.69) is 0 Å². The Bertz CT molecular complexity index is 8.49. The first-order valence-corrected chi connectivity index (χ1v) is 0. The van der Waals surface area contributed by atoms with Gasteiger partial charge in [-0.1, -0.05) is 0 Å². The molecule has 0 rings (SSSR count). The van der Waals surface area contributed by atoms with Crippen LogP contribution in [0.1, 0.15) is 0 Å². The Labute approximate surface area is 125 Å². The molecule has 0 atom stereocenters. The van der Waals surface area contributed by atoms with Crippen molar-refractivity contribution < 1.29 is 127 Å². The van der Waals surface area contributed by atoms with Gasteiger partial charge >= 0.3 is 53.0 Å². The number of hydrogen-bond donors (Lipinski definition) is 0. The minimum Gasteiger partial charge on any atom is -1.00 e. The summed E-state index contributed by atoms with van der Waals surface area (Å²) in [6.45, 7) is 0. The molecule has 0 bridgehead atoms. The van der Waals surface area contributed by atoms with Crippen LogP contribution in [0.4, 0.5) is 0 Å². The molecule has 0 aliphatic rings. The largest absolute Gasteiger partial charge is 3.00 e. The zero-order valence-electron chi connectivity index (χ0n) is 3.25. The van der Waals surface area contributed by atoms with Crippen LogP contribution in [0.2, 0.25) is 0 Å². The summed E-state index contributed by atoms with van der Waals surface area (Å²) in [7, 11) is 0. The Balaban J connectivity index is 0. The smallest absolute Gasteiger partial charge is 1.00 e. The third-order valence-corrected chi connectivity index (χ3v) is 0. The van der Waals surface area contributed by atoms with Crippen molar-refractivity contribution in [3.05, 3.63) is 0 Å². The number of halogens is 6. The van der Waals surface area contributed by atoms with Crippen LogP contribution < -0.4 is 74.4 Å². The topological polar surface area (TPSA) is 0 Å². The molecule has 0 amide bonds. The van der Waals surface area contributed by atoms with Crippen molar-refractivity contribution in [1.29, 1.82) is 0 Å². The fourth-order valence-electron chi connectivity index (χ4n) is 0. The molecule has 51 valence electrons. The van der Waals surface area contributed by atoms with Gasteiger partial charge < -0.3 is 74.4 Å². The van der Waals surface area contributed by atoms with Crippen molar-refractivity contribution >= 4 is 0 Å². The summed E-state index contributed by atoms with van der Waals surface area (Å²) >= 11 is 0. The van der Waals surface area contributed by atoms with Gasteiger partial charge in [-0.2, -0.15) is 0 Å². The molecule has 0 aromatic carbocycles. The summed E-state index contributed by atoms with van der Waals surface area (Å²) in [6.07, 6.45) is 0. The average molecular weight is 404 g/mol. The van der Waals surface area contributed by atoms with Gasteiger partial charge in [0.2, 0.25) is 0 Å². The van der Waals surface area contributed by atoms with Crippen molar-refractivity contribution in [3.8, 4) is 0 Å². The van der Waals surface area contributed by atoms with Gasteiger partial charge in [-0.3, -0.25) is 0 Å². The molecule has 0 aliphatic carbocycles. The standard InChI is InChI=1S/6ClH.Cr.La/h6*1H;;/q;;;;;;2*+3/p-6. The van der Waals surface area contributed by atoms with Crippen LogP contribution in [0.25, 0.3) is 0 Å². The Kier molecular flexibility index (Phi) is 1020. The zero-order valence-corrected chi connectivity index (χ0v) is 12.7. The molecule has 1 radical (unpaired) electrons. The second-order valence-electron chi connectivity index (χ2n) is 0. The summed E-state index contributed by atoms with van der Waals surface area (Å²) in [5.74, 6) is 0. The molecule has 0 heterocycles. The van der Waals surface area contributed by atoms with Gasteiger partial charge in [0.1, 0.15) is 0 Å². The zero-order chi connectivity index (χ0) is 0. The average Bonchev–Trinajstić information content (AvgIpc) is 0.